The van der Waals surface area contributed by atoms with Gasteiger partial charge in [0.15, 0.2) is 0 Å². The van der Waals surface area contributed by atoms with Crippen molar-refractivity contribution in [1.82, 2.24) is 5.01 Å². The van der Waals surface area contributed by atoms with Gasteiger partial charge in [-0.05, 0) is 5.92 Å². The molecule has 0 aromatic rings. The van der Waals surface area contributed by atoms with Crippen molar-refractivity contribution in [2.24, 2.45) is 17.1 Å². The maximum atomic E-state index is 11.3. The highest BCUT2D eigenvalue weighted by Gasteiger charge is 2.16. The molecule has 4 nitrogen and oxygen atoms in total. The van der Waals surface area contributed by atoms with Gasteiger partial charge >= 0.3 is 0 Å². The first kappa shape index (κ1) is 14.9. The maximum Gasteiger partial charge on any atom is 0.246 e. The minimum absolute atomic E-state index is 0. The average Bonchev–Trinajstić information content (AvgIpc) is 1.98. The van der Waals surface area contributed by atoms with Crippen LogP contribution in [0, 0.1) is 17.4 Å². The first-order valence-corrected chi connectivity index (χ1v) is 4.17. The molecule has 1 N–H and O–H groups in total. The third-order valence-electron chi connectivity index (χ3n) is 1.41. The molecule has 0 aliphatic heterocycles. The monoisotopic (exact) mass is 207 g/mol. The highest BCUT2D eigenvalue weighted by atomic mass is 35.5. The smallest absolute Gasteiger partial charge is 0.246 e. The Morgan fingerprint density at radius 2 is 1.85 bits per heavy atom. The van der Waals surface area contributed by atoms with Crippen molar-refractivity contribution >= 4 is 18.3 Å². The lowest BCUT2D eigenvalue weighted by Gasteiger charge is -2.18. The van der Waals surface area contributed by atoms with E-state index in [9.17, 15) is 4.79 Å². The molecule has 78 valence electrons. The number of nitrogens with zero attached hydrogens (tertiary/aromatic N) is 2. The van der Waals surface area contributed by atoms with E-state index in [1.165, 1.54) is 5.01 Å². The number of amides is 1. The van der Waals surface area contributed by atoms with Crippen LogP contribution in [0.1, 0.15) is 27.7 Å². The average molecular weight is 208 g/mol. The Kier molecular flexibility index (Phi) is 7.81. The number of hydrogen-bond donors (Lipinski definition) is 1. The van der Waals surface area contributed by atoms with E-state index in [-0.39, 0.29) is 24.2 Å². The lowest BCUT2D eigenvalue weighted by molar-refractivity contribution is -0.135. The molecular formula is C8H18ClN3O. The van der Waals surface area contributed by atoms with Crippen LogP contribution in [0.4, 0.5) is 0 Å². The van der Waals surface area contributed by atoms with Gasteiger partial charge in [-0.2, -0.15) is 5.53 Å². The zero-order chi connectivity index (χ0) is 9.72. The second-order valence-corrected chi connectivity index (χ2v) is 3.57. The quantitative estimate of drug-likeness (QED) is 0.559. The summed E-state index contributed by atoms with van der Waals surface area (Å²) in [7, 11) is 0. The summed E-state index contributed by atoms with van der Waals surface area (Å²) in [5.41, 5.74) is 6.81. The van der Waals surface area contributed by atoms with Crippen LogP contribution < -0.4 is 0 Å². The van der Waals surface area contributed by atoms with Crippen molar-refractivity contribution in [3.8, 4) is 0 Å². The molecule has 0 atom stereocenters. The molecule has 0 fully saturated rings. The topological polar surface area (TPSA) is 56.5 Å². The molecule has 0 aromatic carbocycles. The van der Waals surface area contributed by atoms with Gasteiger partial charge in [-0.25, -0.2) is 5.01 Å². The number of carbonyl (C=O) groups is 1. The second-order valence-electron chi connectivity index (χ2n) is 3.57. The predicted octanol–water partition coefficient (Wildman–Crippen LogP) is 2.49. The normalized spacial score (nSPS) is 9.69. The minimum Gasteiger partial charge on any atom is -0.273 e. The molecule has 0 spiro atoms. The Hall–Kier alpha value is -0.640. The zero-order valence-electron chi connectivity index (χ0n) is 8.57. The number of nitrogens with one attached hydrogen (secondary N) is 1. The summed E-state index contributed by atoms with van der Waals surface area (Å²) in [6.45, 7) is 8.12. The summed E-state index contributed by atoms with van der Waals surface area (Å²) >= 11 is 0. The van der Waals surface area contributed by atoms with Gasteiger partial charge in [0, 0.05) is 12.5 Å². The van der Waals surface area contributed by atoms with Gasteiger partial charge in [-0.15, -0.1) is 12.4 Å². The number of carbonyl (C=O) groups excluding carboxylic acids is 1. The Morgan fingerprint density at radius 3 is 2.08 bits per heavy atom. The van der Waals surface area contributed by atoms with Crippen molar-refractivity contribution in [3.63, 3.8) is 0 Å². The van der Waals surface area contributed by atoms with E-state index >= 15 is 0 Å². The molecule has 0 heterocycles. The fourth-order valence-corrected chi connectivity index (χ4v) is 0.824. The van der Waals surface area contributed by atoms with Crippen molar-refractivity contribution in [2.45, 2.75) is 27.7 Å². The maximum absolute atomic E-state index is 11.3. The predicted molar refractivity (Wildman–Crippen MR) is 53.8 cm³/mol. The van der Waals surface area contributed by atoms with Crippen LogP contribution in [0.2, 0.25) is 0 Å². The van der Waals surface area contributed by atoms with Crippen LogP contribution in [0.5, 0.6) is 0 Å². The van der Waals surface area contributed by atoms with Gasteiger partial charge in [-0.1, -0.05) is 32.9 Å². The summed E-state index contributed by atoms with van der Waals surface area (Å²) in [6, 6.07) is 0. The molecule has 0 radical (unpaired) electrons. The number of hydrogen-bond acceptors (Lipinski definition) is 3. The molecule has 0 aromatic heterocycles. The molecule has 13 heavy (non-hydrogen) atoms. The lowest BCUT2D eigenvalue weighted by Crippen LogP contribution is -2.32. The minimum atomic E-state index is -0.0853. The molecule has 0 saturated heterocycles. The fraction of sp³-hybridized carbons (Fsp3) is 0.875. The zero-order valence-corrected chi connectivity index (χ0v) is 9.39. The molecular weight excluding hydrogens is 190 g/mol. The van der Waals surface area contributed by atoms with Crippen molar-refractivity contribution in [3.05, 3.63) is 0 Å². The third-order valence-corrected chi connectivity index (χ3v) is 1.41. The van der Waals surface area contributed by atoms with Crippen LogP contribution in [0.25, 0.3) is 0 Å². The van der Waals surface area contributed by atoms with Gasteiger partial charge < -0.3 is 0 Å². The standard InChI is InChI=1S/C8H17N3O.ClH/c1-6(2)5-11(10-9)8(12)7(3)4;/h6-7,9H,5H2,1-4H3;1H. The van der Waals surface area contributed by atoms with Gasteiger partial charge in [0.05, 0.1) is 0 Å². The Morgan fingerprint density at radius 1 is 1.38 bits per heavy atom. The van der Waals surface area contributed by atoms with Crippen LogP contribution in [-0.2, 0) is 4.79 Å². The molecule has 5 heteroatoms. The van der Waals surface area contributed by atoms with Gasteiger partial charge in [-0.3, -0.25) is 4.79 Å². The van der Waals surface area contributed by atoms with E-state index in [0.717, 1.165) is 0 Å². The first-order valence-electron chi connectivity index (χ1n) is 4.17. The van der Waals surface area contributed by atoms with Crippen LogP contribution in [-0.4, -0.2) is 17.5 Å². The van der Waals surface area contributed by atoms with E-state index < -0.39 is 0 Å². The Balaban J connectivity index is 0. The number of rotatable bonds is 4. The number of halogens is 1. The van der Waals surface area contributed by atoms with Crippen molar-refractivity contribution < 1.29 is 4.79 Å². The van der Waals surface area contributed by atoms with Gasteiger partial charge in [0.1, 0.15) is 0 Å². The molecule has 0 aliphatic rings. The Bertz CT molecular complexity index is 171. The summed E-state index contributed by atoms with van der Waals surface area (Å²) in [5.74, 6) is 0.179. The van der Waals surface area contributed by atoms with E-state index in [1.54, 1.807) is 13.8 Å². The summed E-state index contributed by atoms with van der Waals surface area (Å²) in [6.07, 6.45) is 0. The Labute approximate surface area is 85.6 Å². The molecule has 0 unspecified atom stereocenters. The van der Waals surface area contributed by atoms with Gasteiger partial charge in [0.25, 0.3) is 0 Å². The molecule has 1 amide bonds. The lowest BCUT2D eigenvalue weighted by atomic mass is 10.1. The van der Waals surface area contributed by atoms with Crippen molar-refractivity contribution in [1.29, 1.82) is 5.53 Å². The summed E-state index contributed by atoms with van der Waals surface area (Å²) in [5, 5.41) is 4.40. The largest absolute Gasteiger partial charge is 0.273 e. The van der Waals surface area contributed by atoms with Crippen molar-refractivity contribution in [2.75, 3.05) is 6.54 Å². The molecule has 0 bridgehead atoms. The fourth-order valence-electron chi connectivity index (χ4n) is 0.824. The first-order chi connectivity index (χ1) is 5.49. The van der Waals surface area contributed by atoms with E-state index in [1.807, 2.05) is 13.8 Å². The SMILES string of the molecule is CC(C)CN(N=N)C(=O)C(C)C.Cl. The van der Waals surface area contributed by atoms with Gasteiger partial charge in [0.2, 0.25) is 5.91 Å². The highest BCUT2D eigenvalue weighted by Crippen LogP contribution is 2.05. The third kappa shape index (κ3) is 5.58. The second kappa shape index (κ2) is 6.83. The molecule has 0 saturated carbocycles. The highest BCUT2D eigenvalue weighted by molar-refractivity contribution is 5.85. The summed E-state index contributed by atoms with van der Waals surface area (Å²) in [4.78, 5) is 11.3. The van der Waals surface area contributed by atoms with Crippen LogP contribution in [0.15, 0.2) is 5.22 Å². The van der Waals surface area contributed by atoms with E-state index in [4.69, 9.17) is 5.53 Å². The van der Waals surface area contributed by atoms with Crippen LogP contribution >= 0.6 is 12.4 Å². The van der Waals surface area contributed by atoms with E-state index in [2.05, 4.69) is 5.22 Å². The molecule has 0 rings (SSSR count). The van der Waals surface area contributed by atoms with Crippen LogP contribution in [0.3, 0.4) is 0 Å². The molecule has 0 aliphatic carbocycles. The van der Waals surface area contributed by atoms with E-state index in [0.29, 0.717) is 12.5 Å². The summed E-state index contributed by atoms with van der Waals surface area (Å²) < 4.78 is 0.